The van der Waals surface area contributed by atoms with Crippen LogP contribution in [0, 0.1) is 5.92 Å². The van der Waals surface area contributed by atoms with Crippen LogP contribution >= 0.6 is 0 Å². The first-order chi connectivity index (χ1) is 9.16. The number of carbonyl (C=O) groups excluding carboxylic acids is 1. The molecule has 0 saturated heterocycles. The largest absolute Gasteiger partial charge is 0.384 e. The third-order valence-corrected chi connectivity index (χ3v) is 4.01. The Balaban J connectivity index is 1.77. The monoisotopic (exact) mass is 261 g/mol. The second kappa shape index (κ2) is 6.55. The number of hydrogen-bond acceptors (Lipinski definition) is 3. The fourth-order valence-electron chi connectivity index (χ4n) is 2.75. The van der Waals surface area contributed by atoms with E-state index < -0.39 is 0 Å². The number of nitrogen functional groups attached to an aromatic ring is 1. The van der Waals surface area contributed by atoms with Crippen LogP contribution in [0.2, 0.25) is 0 Å². The lowest BCUT2D eigenvalue weighted by Crippen LogP contribution is -2.26. The van der Waals surface area contributed by atoms with Gasteiger partial charge >= 0.3 is 0 Å². The van der Waals surface area contributed by atoms with Crippen molar-refractivity contribution in [2.75, 3.05) is 17.7 Å². The number of aromatic nitrogens is 1. The molecule has 1 aliphatic carbocycles. The summed E-state index contributed by atoms with van der Waals surface area (Å²) < 4.78 is 0. The van der Waals surface area contributed by atoms with Crippen LogP contribution in [0.25, 0.3) is 0 Å². The van der Waals surface area contributed by atoms with Crippen molar-refractivity contribution in [2.24, 2.45) is 5.92 Å². The summed E-state index contributed by atoms with van der Waals surface area (Å²) in [5.41, 5.74) is 6.34. The first-order valence-corrected chi connectivity index (χ1v) is 7.15. The zero-order valence-corrected chi connectivity index (χ0v) is 11.6. The highest BCUT2D eigenvalue weighted by atomic mass is 16.2. The molecule has 0 unspecified atom stereocenters. The zero-order chi connectivity index (χ0) is 13.7. The number of rotatable bonds is 5. The number of anilines is 2. The molecule has 1 heterocycles. The van der Waals surface area contributed by atoms with Crippen molar-refractivity contribution in [3.05, 3.63) is 18.3 Å². The summed E-state index contributed by atoms with van der Waals surface area (Å²) in [7, 11) is 1.80. The molecule has 0 radical (unpaired) electrons. The highest BCUT2D eigenvalue weighted by Gasteiger charge is 2.16. The molecule has 1 amide bonds. The molecule has 1 saturated carbocycles. The van der Waals surface area contributed by atoms with Crippen molar-refractivity contribution in [1.82, 2.24) is 4.98 Å². The standard InChI is InChI=1S/C15H23N3O/c1-18(13-9-10-14(16)17-11-13)15(19)8-4-7-12-5-2-3-6-12/h9-12H,2-8H2,1H3,(H2,16,17). The van der Waals surface area contributed by atoms with E-state index >= 15 is 0 Å². The van der Waals surface area contributed by atoms with Gasteiger partial charge in [-0.25, -0.2) is 4.98 Å². The number of nitrogens with zero attached hydrogens (tertiary/aromatic N) is 2. The molecule has 1 aromatic rings. The average molecular weight is 261 g/mol. The Hall–Kier alpha value is -1.58. The first-order valence-electron chi connectivity index (χ1n) is 7.15. The molecule has 2 rings (SSSR count). The van der Waals surface area contributed by atoms with E-state index in [0.717, 1.165) is 18.0 Å². The summed E-state index contributed by atoms with van der Waals surface area (Å²) in [6, 6.07) is 3.55. The highest BCUT2D eigenvalue weighted by molar-refractivity contribution is 5.92. The normalized spacial score (nSPS) is 15.6. The predicted octanol–water partition coefficient (Wildman–Crippen LogP) is 2.99. The van der Waals surface area contributed by atoms with E-state index in [1.165, 1.54) is 32.1 Å². The van der Waals surface area contributed by atoms with Crippen LogP contribution in [0.15, 0.2) is 18.3 Å². The van der Waals surface area contributed by atoms with Gasteiger partial charge < -0.3 is 10.6 Å². The summed E-state index contributed by atoms with van der Waals surface area (Å²) in [6.45, 7) is 0. The van der Waals surface area contributed by atoms with Gasteiger partial charge in [0, 0.05) is 13.5 Å². The maximum absolute atomic E-state index is 12.1. The van der Waals surface area contributed by atoms with E-state index in [0.29, 0.717) is 12.2 Å². The molecular formula is C15H23N3O. The molecule has 0 atom stereocenters. The molecule has 0 bridgehead atoms. The summed E-state index contributed by atoms with van der Waals surface area (Å²) in [4.78, 5) is 17.7. The number of carbonyl (C=O) groups is 1. The third kappa shape index (κ3) is 3.94. The average Bonchev–Trinajstić information content (AvgIpc) is 2.92. The van der Waals surface area contributed by atoms with Crippen molar-refractivity contribution in [3.63, 3.8) is 0 Å². The van der Waals surface area contributed by atoms with Crippen LogP contribution in [0.4, 0.5) is 11.5 Å². The lowest BCUT2D eigenvalue weighted by molar-refractivity contribution is -0.118. The summed E-state index contributed by atoms with van der Waals surface area (Å²) in [6.07, 6.45) is 9.90. The highest BCUT2D eigenvalue weighted by Crippen LogP contribution is 2.29. The molecule has 1 aliphatic rings. The lowest BCUT2D eigenvalue weighted by Gasteiger charge is -2.17. The Bertz CT molecular complexity index is 410. The minimum atomic E-state index is 0.157. The van der Waals surface area contributed by atoms with E-state index in [-0.39, 0.29) is 5.91 Å². The zero-order valence-electron chi connectivity index (χ0n) is 11.6. The van der Waals surface area contributed by atoms with Gasteiger partial charge in [0.25, 0.3) is 0 Å². The minimum Gasteiger partial charge on any atom is -0.384 e. The Morgan fingerprint density at radius 2 is 2.16 bits per heavy atom. The van der Waals surface area contributed by atoms with Gasteiger partial charge in [-0.3, -0.25) is 4.79 Å². The number of nitrogens with two attached hydrogens (primary N) is 1. The third-order valence-electron chi connectivity index (χ3n) is 4.01. The van der Waals surface area contributed by atoms with Gasteiger partial charge in [-0.15, -0.1) is 0 Å². The molecule has 1 aromatic heterocycles. The molecule has 104 valence electrons. The van der Waals surface area contributed by atoms with Gasteiger partial charge in [-0.2, -0.15) is 0 Å². The van der Waals surface area contributed by atoms with Gasteiger partial charge in [0.05, 0.1) is 11.9 Å². The van der Waals surface area contributed by atoms with Crippen LogP contribution in [-0.2, 0) is 4.79 Å². The predicted molar refractivity (Wildman–Crippen MR) is 77.9 cm³/mol. The smallest absolute Gasteiger partial charge is 0.226 e. The van der Waals surface area contributed by atoms with Gasteiger partial charge in [0.1, 0.15) is 5.82 Å². The van der Waals surface area contributed by atoms with Gasteiger partial charge in [-0.05, 0) is 30.9 Å². The molecule has 4 heteroatoms. The van der Waals surface area contributed by atoms with Gasteiger partial charge in [0.15, 0.2) is 0 Å². The lowest BCUT2D eigenvalue weighted by atomic mass is 10.0. The van der Waals surface area contributed by atoms with Crippen molar-refractivity contribution in [1.29, 1.82) is 0 Å². The van der Waals surface area contributed by atoms with E-state index in [9.17, 15) is 4.79 Å². The molecular weight excluding hydrogens is 238 g/mol. The van der Waals surface area contributed by atoms with Crippen molar-refractivity contribution in [2.45, 2.75) is 44.9 Å². The second-order valence-electron chi connectivity index (χ2n) is 5.44. The fraction of sp³-hybridized carbons (Fsp3) is 0.600. The van der Waals surface area contributed by atoms with Gasteiger partial charge in [-0.1, -0.05) is 25.7 Å². The Kier molecular flexibility index (Phi) is 4.77. The SMILES string of the molecule is CN(C(=O)CCCC1CCCC1)c1ccc(N)nc1. The minimum absolute atomic E-state index is 0.157. The first kappa shape index (κ1) is 13.8. The molecule has 0 aliphatic heterocycles. The van der Waals surface area contributed by atoms with E-state index in [1.54, 1.807) is 24.2 Å². The van der Waals surface area contributed by atoms with Crippen LogP contribution < -0.4 is 10.6 Å². The molecule has 4 nitrogen and oxygen atoms in total. The molecule has 19 heavy (non-hydrogen) atoms. The van der Waals surface area contributed by atoms with Crippen LogP contribution in [0.3, 0.4) is 0 Å². The van der Waals surface area contributed by atoms with Crippen LogP contribution in [-0.4, -0.2) is 17.9 Å². The fourth-order valence-corrected chi connectivity index (χ4v) is 2.75. The Morgan fingerprint density at radius 3 is 2.79 bits per heavy atom. The maximum atomic E-state index is 12.1. The second-order valence-corrected chi connectivity index (χ2v) is 5.44. The Morgan fingerprint density at radius 1 is 1.42 bits per heavy atom. The molecule has 0 spiro atoms. The van der Waals surface area contributed by atoms with E-state index in [2.05, 4.69) is 4.98 Å². The van der Waals surface area contributed by atoms with Crippen LogP contribution in [0.1, 0.15) is 44.9 Å². The van der Waals surface area contributed by atoms with E-state index in [1.807, 2.05) is 6.07 Å². The van der Waals surface area contributed by atoms with E-state index in [4.69, 9.17) is 5.73 Å². The topological polar surface area (TPSA) is 59.2 Å². The maximum Gasteiger partial charge on any atom is 0.226 e. The summed E-state index contributed by atoms with van der Waals surface area (Å²) in [5.74, 6) is 1.49. The van der Waals surface area contributed by atoms with Crippen molar-refractivity contribution in [3.8, 4) is 0 Å². The quantitative estimate of drug-likeness (QED) is 0.886. The molecule has 2 N–H and O–H groups in total. The number of pyridine rings is 1. The molecule has 0 aromatic carbocycles. The van der Waals surface area contributed by atoms with Gasteiger partial charge in [0.2, 0.25) is 5.91 Å². The molecule has 1 fully saturated rings. The summed E-state index contributed by atoms with van der Waals surface area (Å²) in [5, 5.41) is 0. The van der Waals surface area contributed by atoms with Crippen molar-refractivity contribution >= 4 is 17.4 Å². The summed E-state index contributed by atoms with van der Waals surface area (Å²) >= 11 is 0. The Labute approximate surface area is 115 Å². The van der Waals surface area contributed by atoms with Crippen molar-refractivity contribution < 1.29 is 4.79 Å². The van der Waals surface area contributed by atoms with Crippen LogP contribution in [0.5, 0.6) is 0 Å². The number of amides is 1. The number of hydrogen-bond donors (Lipinski definition) is 1.